The molecular formula is C19H18N2O. The average molecular weight is 290 g/mol. The number of rotatable bonds is 1. The number of fused-ring (bicyclic) bond motifs is 3. The molecular weight excluding hydrogens is 272 g/mol. The van der Waals surface area contributed by atoms with Crippen LogP contribution in [0.5, 0.6) is 0 Å². The van der Waals surface area contributed by atoms with Crippen LogP contribution in [-0.4, -0.2) is 16.9 Å². The molecule has 1 aliphatic heterocycles. The van der Waals surface area contributed by atoms with Crippen LogP contribution >= 0.6 is 0 Å². The number of nitrogens with zero attached hydrogens (tertiary/aromatic N) is 2. The van der Waals surface area contributed by atoms with E-state index in [1.54, 1.807) is 6.20 Å². The van der Waals surface area contributed by atoms with E-state index < -0.39 is 0 Å². The van der Waals surface area contributed by atoms with Crippen molar-refractivity contribution in [3.05, 3.63) is 66.0 Å². The fraction of sp³-hybridized carbons (Fsp3) is 0.211. The molecule has 0 spiro atoms. The molecule has 2 aromatic heterocycles. The second kappa shape index (κ2) is 4.47. The SMILES string of the molecule is Cc1cc2oc3ncccc3c2cc1C1(C)C=CC=CN1C. The van der Waals surface area contributed by atoms with Crippen LogP contribution in [0.3, 0.4) is 0 Å². The number of aromatic nitrogens is 1. The first kappa shape index (κ1) is 13.1. The predicted octanol–water partition coefficient (Wildman–Crippen LogP) is 4.52. The van der Waals surface area contributed by atoms with Crippen LogP contribution in [0.15, 0.2) is 59.3 Å². The van der Waals surface area contributed by atoms with Crippen molar-refractivity contribution in [3.63, 3.8) is 0 Å². The molecule has 0 aliphatic carbocycles. The van der Waals surface area contributed by atoms with Crippen LogP contribution in [0.2, 0.25) is 0 Å². The lowest BCUT2D eigenvalue weighted by molar-refractivity contribution is 0.261. The van der Waals surface area contributed by atoms with Crippen molar-refractivity contribution in [2.75, 3.05) is 7.05 Å². The smallest absolute Gasteiger partial charge is 0.227 e. The van der Waals surface area contributed by atoms with Gasteiger partial charge in [0.1, 0.15) is 5.58 Å². The van der Waals surface area contributed by atoms with Crippen LogP contribution < -0.4 is 0 Å². The number of allylic oxidation sites excluding steroid dienone is 2. The van der Waals surface area contributed by atoms with E-state index in [-0.39, 0.29) is 5.54 Å². The second-order valence-electron chi connectivity index (χ2n) is 6.08. The minimum atomic E-state index is -0.154. The van der Waals surface area contributed by atoms with E-state index in [2.05, 4.69) is 73.4 Å². The van der Waals surface area contributed by atoms with Gasteiger partial charge < -0.3 is 9.32 Å². The maximum Gasteiger partial charge on any atom is 0.227 e. The minimum absolute atomic E-state index is 0.154. The third kappa shape index (κ3) is 1.72. The molecule has 22 heavy (non-hydrogen) atoms. The van der Waals surface area contributed by atoms with E-state index in [1.807, 2.05) is 6.07 Å². The van der Waals surface area contributed by atoms with Gasteiger partial charge in [0, 0.05) is 24.0 Å². The van der Waals surface area contributed by atoms with Gasteiger partial charge in [-0.1, -0.05) is 12.2 Å². The number of likely N-dealkylation sites (N-methyl/N-ethyl adjacent to an activating group) is 1. The fourth-order valence-electron chi connectivity index (χ4n) is 3.28. The molecule has 3 heteroatoms. The molecule has 1 aliphatic rings. The van der Waals surface area contributed by atoms with Gasteiger partial charge in [0.05, 0.1) is 5.54 Å². The van der Waals surface area contributed by atoms with Crippen molar-refractivity contribution in [1.29, 1.82) is 0 Å². The molecule has 1 atom stereocenters. The topological polar surface area (TPSA) is 29.3 Å². The van der Waals surface area contributed by atoms with Gasteiger partial charge in [-0.3, -0.25) is 0 Å². The Morgan fingerprint density at radius 1 is 1.18 bits per heavy atom. The summed E-state index contributed by atoms with van der Waals surface area (Å²) in [5.41, 5.74) is 3.96. The molecule has 0 saturated heterocycles. The third-order valence-electron chi connectivity index (χ3n) is 4.71. The molecule has 3 heterocycles. The Labute approximate surface area is 129 Å². The Morgan fingerprint density at radius 2 is 2.05 bits per heavy atom. The van der Waals surface area contributed by atoms with E-state index in [0.29, 0.717) is 5.71 Å². The lowest BCUT2D eigenvalue weighted by atomic mass is 9.85. The molecule has 110 valence electrons. The molecule has 1 aromatic carbocycles. The lowest BCUT2D eigenvalue weighted by Gasteiger charge is -2.39. The summed E-state index contributed by atoms with van der Waals surface area (Å²) in [6.07, 6.45) is 10.3. The largest absolute Gasteiger partial charge is 0.438 e. The van der Waals surface area contributed by atoms with Crippen LogP contribution in [0, 0.1) is 6.92 Å². The number of hydrogen-bond acceptors (Lipinski definition) is 3. The van der Waals surface area contributed by atoms with Gasteiger partial charge in [0.2, 0.25) is 5.71 Å². The molecule has 1 unspecified atom stereocenters. The van der Waals surface area contributed by atoms with Crippen molar-refractivity contribution < 1.29 is 4.42 Å². The summed E-state index contributed by atoms with van der Waals surface area (Å²) in [7, 11) is 2.11. The first-order valence-corrected chi connectivity index (χ1v) is 7.47. The van der Waals surface area contributed by atoms with Gasteiger partial charge in [-0.25, -0.2) is 4.98 Å². The predicted molar refractivity (Wildman–Crippen MR) is 89.6 cm³/mol. The Morgan fingerprint density at radius 3 is 2.86 bits per heavy atom. The number of pyridine rings is 1. The maximum atomic E-state index is 5.88. The number of hydrogen-bond donors (Lipinski definition) is 0. The molecule has 0 N–H and O–H groups in total. The summed E-state index contributed by atoms with van der Waals surface area (Å²) in [4.78, 5) is 6.56. The van der Waals surface area contributed by atoms with Crippen molar-refractivity contribution >= 4 is 22.1 Å². The zero-order valence-corrected chi connectivity index (χ0v) is 13.0. The van der Waals surface area contributed by atoms with Gasteiger partial charge >= 0.3 is 0 Å². The standard InChI is InChI=1S/C19H18N2O/c1-13-11-17-15(14-7-6-9-20-18(14)22-17)12-16(13)19(2)8-4-5-10-21(19)3/h4-12H,1-3H3. The minimum Gasteiger partial charge on any atom is -0.438 e. The Hall–Kier alpha value is -2.55. The Kier molecular flexibility index (Phi) is 2.67. The van der Waals surface area contributed by atoms with E-state index >= 15 is 0 Å². The molecule has 0 radical (unpaired) electrons. The quantitative estimate of drug-likeness (QED) is 0.660. The zero-order chi connectivity index (χ0) is 15.3. The number of furan rings is 1. The van der Waals surface area contributed by atoms with Crippen molar-refractivity contribution in [2.45, 2.75) is 19.4 Å². The monoisotopic (exact) mass is 290 g/mol. The van der Waals surface area contributed by atoms with Crippen molar-refractivity contribution in [2.24, 2.45) is 0 Å². The highest BCUT2D eigenvalue weighted by molar-refractivity contribution is 6.04. The van der Waals surface area contributed by atoms with Crippen LogP contribution in [0.1, 0.15) is 18.1 Å². The van der Waals surface area contributed by atoms with E-state index in [9.17, 15) is 0 Å². The highest BCUT2D eigenvalue weighted by Crippen LogP contribution is 2.38. The van der Waals surface area contributed by atoms with Gasteiger partial charge in [-0.15, -0.1) is 0 Å². The summed E-state index contributed by atoms with van der Waals surface area (Å²) >= 11 is 0. The van der Waals surface area contributed by atoms with Crippen molar-refractivity contribution in [3.8, 4) is 0 Å². The summed E-state index contributed by atoms with van der Waals surface area (Å²) in [6.45, 7) is 4.38. The first-order valence-electron chi connectivity index (χ1n) is 7.47. The Bertz CT molecular complexity index is 935. The first-order chi connectivity index (χ1) is 10.6. The van der Waals surface area contributed by atoms with Gasteiger partial charge in [-0.05, 0) is 61.5 Å². The molecule has 0 saturated carbocycles. The molecule has 0 bridgehead atoms. The normalized spacial score (nSPS) is 21.1. The summed E-state index contributed by atoms with van der Waals surface area (Å²) < 4.78 is 5.88. The van der Waals surface area contributed by atoms with E-state index in [4.69, 9.17) is 4.42 Å². The van der Waals surface area contributed by atoms with Gasteiger partial charge in [-0.2, -0.15) is 0 Å². The molecule has 3 aromatic rings. The van der Waals surface area contributed by atoms with Crippen LogP contribution in [0.4, 0.5) is 0 Å². The van der Waals surface area contributed by atoms with E-state index in [0.717, 1.165) is 16.4 Å². The second-order valence-corrected chi connectivity index (χ2v) is 6.08. The van der Waals surface area contributed by atoms with E-state index in [1.165, 1.54) is 11.1 Å². The van der Waals surface area contributed by atoms with Gasteiger partial charge in [0.15, 0.2) is 0 Å². The third-order valence-corrected chi connectivity index (χ3v) is 4.71. The lowest BCUT2D eigenvalue weighted by Crippen LogP contribution is -2.37. The average Bonchev–Trinajstić information content (AvgIpc) is 2.86. The fourth-order valence-corrected chi connectivity index (χ4v) is 3.28. The number of aryl methyl sites for hydroxylation is 1. The maximum absolute atomic E-state index is 5.88. The zero-order valence-electron chi connectivity index (χ0n) is 13.0. The van der Waals surface area contributed by atoms with Gasteiger partial charge in [0.25, 0.3) is 0 Å². The summed E-state index contributed by atoms with van der Waals surface area (Å²) in [6, 6.07) is 8.39. The van der Waals surface area contributed by atoms with Crippen molar-refractivity contribution in [1.82, 2.24) is 9.88 Å². The Balaban J connectivity index is 2.02. The highest BCUT2D eigenvalue weighted by Gasteiger charge is 2.30. The van der Waals surface area contributed by atoms with Crippen LogP contribution in [0.25, 0.3) is 22.1 Å². The summed E-state index contributed by atoms with van der Waals surface area (Å²) in [5, 5.41) is 2.20. The molecule has 0 fully saturated rings. The summed E-state index contributed by atoms with van der Waals surface area (Å²) in [5.74, 6) is 0. The van der Waals surface area contributed by atoms with Crippen LogP contribution in [-0.2, 0) is 5.54 Å². The number of benzene rings is 1. The molecule has 0 amide bonds. The molecule has 3 nitrogen and oxygen atoms in total. The molecule has 4 rings (SSSR count). The highest BCUT2D eigenvalue weighted by atomic mass is 16.3.